The highest BCUT2D eigenvalue weighted by molar-refractivity contribution is 6.27. The van der Waals surface area contributed by atoms with Gasteiger partial charge in [-0.15, -0.1) is 0 Å². The molecule has 5 rings (SSSR count). The SMILES string of the molecule is O=C1NC(=O)c2ccc(N(c3ccccc3)c3ccccc3)c3cccc1c23. The van der Waals surface area contributed by atoms with Gasteiger partial charge in [-0.1, -0.05) is 48.5 Å². The number of benzene rings is 4. The van der Waals surface area contributed by atoms with E-state index in [0.29, 0.717) is 16.5 Å². The van der Waals surface area contributed by atoms with Crippen molar-refractivity contribution in [2.75, 3.05) is 4.90 Å². The molecule has 1 aliphatic heterocycles. The van der Waals surface area contributed by atoms with Gasteiger partial charge >= 0.3 is 0 Å². The van der Waals surface area contributed by atoms with Gasteiger partial charge in [0.25, 0.3) is 11.8 Å². The molecule has 28 heavy (non-hydrogen) atoms. The standard InChI is InChI=1S/C24H16N2O2/c27-23-19-13-7-12-18-21(15-14-20(22(18)19)24(28)25-23)26(16-8-3-1-4-9-16)17-10-5-2-6-11-17/h1-15H,(H,25,27,28). The molecule has 4 aromatic carbocycles. The van der Waals surface area contributed by atoms with E-state index in [4.69, 9.17) is 0 Å². The molecule has 0 saturated heterocycles. The Bertz CT molecular complexity index is 1160. The third-order valence-electron chi connectivity index (χ3n) is 5.00. The minimum Gasteiger partial charge on any atom is -0.310 e. The average Bonchev–Trinajstić information content (AvgIpc) is 2.74. The van der Waals surface area contributed by atoms with E-state index in [1.54, 1.807) is 12.1 Å². The monoisotopic (exact) mass is 364 g/mol. The Kier molecular flexibility index (Phi) is 3.69. The van der Waals surface area contributed by atoms with E-state index in [1.807, 2.05) is 78.9 Å². The zero-order valence-electron chi connectivity index (χ0n) is 14.9. The van der Waals surface area contributed by atoms with Crippen molar-refractivity contribution in [2.24, 2.45) is 0 Å². The van der Waals surface area contributed by atoms with Crippen LogP contribution in [0.5, 0.6) is 0 Å². The van der Waals surface area contributed by atoms with E-state index in [0.717, 1.165) is 22.4 Å². The van der Waals surface area contributed by atoms with Crippen molar-refractivity contribution in [3.05, 3.63) is 102 Å². The molecule has 4 nitrogen and oxygen atoms in total. The zero-order valence-corrected chi connectivity index (χ0v) is 14.9. The molecule has 1 heterocycles. The summed E-state index contributed by atoms with van der Waals surface area (Å²) in [6.45, 7) is 0. The minimum atomic E-state index is -0.355. The molecule has 1 N–H and O–H groups in total. The van der Waals surface area contributed by atoms with Crippen molar-refractivity contribution in [3.63, 3.8) is 0 Å². The topological polar surface area (TPSA) is 49.4 Å². The van der Waals surface area contributed by atoms with Crippen molar-refractivity contribution < 1.29 is 9.59 Å². The summed E-state index contributed by atoms with van der Waals surface area (Å²) in [7, 11) is 0. The van der Waals surface area contributed by atoms with Crippen LogP contribution in [0, 0.1) is 0 Å². The van der Waals surface area contributed by atoms with Gasteiger partial charge in [0, 0.05) is 33.3 Å². The smallest absolute Gasteiger partial charge is 0.258 e. The predicted octanol–water partition coefficient (Wildman–Crippen LogP) is 5.19. The van der Waals surface area contributed by atoms with Gasteiger partial charge in [-0.25, -0.2) is 0 Å². The van der Waals surface area contributed by atoms with Crippen molar-refractivity contribution in [2.45, 2.75) is 0 Å². The molecule has 0 fully saturated rings. The molecule has 1 aliphatic rings. The van der Waals surface area contributed by atoms with E-state index < -0.39 is 0 Å². The van der Waals surface area contributed by atoms with Crippen LogP contribution in [0.3, 0.4) is 0 Å². The first-order valence-electron chi connectivity index (χ1n) is 9.06. The first-order chi connectivity index (χ1) is 13.7. The summed E-state index contributed by atoms with van der Waals surface area (Å²) in [5, 5.41) is 3.98. The van der Waals surface area contributed by atoms with Crippen LogP contribution in [0.2, 0.25) is 0 Å². The van der Waals surface area contributed by atoms with Crippen LogP contribution in [0.15, 0.2) is 91.0 Å². The highest BCUT2D eigenvalue weighted by Crippen LogP contribution is 2.41. The highest BCUT2D eigenvalue weighted by atomic mass is 16.2. The summed E-state index contributed by atoms with van der Waals surface area (Å²) in [6, 6.07) is 29.4. The molecule has 0 spiro atoms. The van der Waals surface area contributed by atoms with Crippen molar-refractivity contribution in [3.8, 4) is 0 Å². The summed E-state index contributed by atoms with van der Waals surface area (Å²) < 4.78 is 0. The highest BCUT2D eigenvalue weighted by Gasteiger charge is 2.27. The van der Waals surface area contributed by atoms with E-state index in [-0.39, 0.29) is 11.8 Å². The van der Waals surface area contributed by atoms with Crippen LogP contribution in [-0.4, -0.2) is 11.8 Å². The maximum atomic E-state index is 12.4. The van der Waals surface area contributed by atoms with Gasteiger partial charge in [0.15, 0.2) is 0 Å². The van der Waals surface area contributed by atoms with Crippen LogP contribution in [0.1, 0.15) is 20.7 Å². The lowest BCUT2D eigenvalue weighted by Crippen LogP contribution is -2.34. The maximum Gasteiger partial charge on any atom is 0.258 e. The van der Waals surface area contributed by atoms with Crippen LogP contribution in [-0.2, 0) is 0 Å². The molecule has 134 valence electrons. The average molecular weight is 364 g/mol. The molecular formula is C24H16N2O2. The number of imide groups is 1. The molecule has 0 atom stereocenters. The number of carbonyl (C=O) groups excluding carboxylic acids is 2. The molecule has 0 saturated carbocycles. The molecule has 0 aliphatic carbocycles. The van der Waals surface area contributed by atoms with Gasteiger partial charge < -0.3 is 4.90 Å². The fraction of sp³-hybridized carbons (Fsp3) is 0. The Labute approximate surface area is 162 Å². The normalized spacial score (nSPS) is 12.7. The number of para-hydroxylation sites is 2. The Morgan fingerprint density at radius 2 is 1.14 bits per heavy atom. The molecule has 0 bridgehead atoms. The first kappa shape index (κ1) is 16.3. The Morgan fingerprint density at radius 3 is 1.75 bits per heavy atom. The second-order valence-corrected chi connectivity index (χ2v) is 6.65. The second kappa shape index (κ2) is 6.35. The molecule has 0 aromatic heterocycles. The van der Waals surface area contributed by atoms with Gasteiger partial charge in [-0.05, 0) is 42.5 Å². The fourth-order valence-corrected chi connectivity index (χ4v) is 3.78. The number of rotatable bonds is 3. The van der Waals surface area contributed by atoms with Crippen LogP contribution >= 0.6 is 0 Å². The summed E-state index contributed by atoms with van der Waals surface area (Å²) in [5.41, 5.74) is 3.97. The van der Waals surface area contributed by atoms with Crippen molar-refractivity contribution in [1.82, 2.24) is 5.32 Å². The number of nitrogens with zero attached hydrogens (tertiary/aromatic N) is 1. The molecule has 4 aromatic rings. The minimum absolute atomic E-state index is 0.355. The number of amides is 2. The number of nitrogens with one attached hydrogen (secondary N) is 1. The number of carbonyl (C=O) groups is 2. The van der Waals surface area contributed by atoms with E-state index >= 15 is 0 Å². The summed E-state index contributed by atoms with van der Waals surface area (Å²) in [6.07, 6.45) is 0. The largest absolute Gasteiger partial charge is 0.310 e. The van der Waals surface area contributed by atoms with E-state index in [1.165, 1.54) is 0 Å². The third kappa shape index (κ3) is 2.47. The zero-order chi connectivity index (χ0) is 19.1. The third-order valence-corrected chi connectivity index (χ3v) is 5.00. The number of hydrogen-bond acceptors (Lipinski definition) is 3. The molecule has 4 heteroatoms. The summed E-state index contributed by atoms with van der Waals surface area (Å²) in [5.74, 6) is -0.711. The molecule has 0 radical (unpaired) electrons. The summed E-state index contributed by atoms with van der Waals surface area (Å²) in [4.78, 5) is 26.9. The maximum absolute atomic E-state index is 12.4. The number of anilines is 3. The van der Waals surface area contributed by atoms with Crippen molar-refractivity contribution >= 4 is 39.6 Å². The van der Waals surface area contributed by atoms with Crippen LogP contribution in [0.4, 0.5) is 17.1 Å². The quantitative estimate of drug-likeness (QED) is 0.509. The number of hydrogen-bond donors (Lipinski definition) is 1. The van der Waals surface area contributed by atoms with Gasteiger partial charge in [0.1, 0.15) is 0 Å². The first-order valence-corrected chi connectivity index (χ1v) is 9.06. The van der Waals surface area contributed by atoms with E-state index in [2.05, 4.69) is 10.2 Å². The van der Waals surface area contributed by atoms with E-state index in [9.17, 15) is 9.59 Å². The Hall–Kier alpha value is -3.92. The Balaban J connectivity index is 1.84. The van der Waals surface area contributed by atoms with Crippen LogP contribution < -0.4 is 10.2 Å². The fourth-order valence-electron chi connectivity index (χ4n) is 3.78. The molecular weight excluding hydrogens is 348 g/mol. The van der Waals surface area contributed by atoms with Crippen LogP contribution in [0.25, 0.3) is 10.8 Å². The molecule has 0 unspecified atom stereocenters. The Morgan fingerprint density at radius 1 is 0.571 bits per heavy atom. The lowest BCUT2D eigenvalue weighted by Gasteiger charge is -2.28. The second-order valence-electron chi connectivity index (χ2n) is 6.65. The molecule has 2 amide bonds. The van der Waals surface area contributed by atoms with Crippen molar-refractivity contribution in [1.29, 1.82) is 0 Å². The van der Waals surface area contributed by atoms with Gasteiger partial charge in [-0.2, -0.15) is 0 Å². The van der Waals surface area contributed by atoms with Gasteiger partial charge in [-0.3, -0.25) is 14.9 Å². The predicted molar refractivity (Wildman–Crippen MR) is 110 cm³/mol. The summed E-state index contributed by atoms with van der Waals surface area (Å²) >= 11 is 0. The lowest BCUT2D eigenvalue weighted by molar-refractivity contribution is 0.0845. The van der Waals surface area contributed by atoms with Gasteiger partial charge in [0.05, 0.1) is 5.69 Å². The van der Waals surface area contributed by atoms with Gasteiger partial charge in [0.2, 0.25) is 0 Å². The lowest BCUT2D eigenvalue weighted by atomic mass is 9.93.